The molecule has 9 nitrogen and oxygen atoms in total. The Hall–Kier alpha value is -3.03. The molecule has 1 aliphatic rings. The fraction of sp³-hybridized carbons (Fsp3) is 0.417. The third kappa shape index (κ3) is 5.54. The zero-order chi connectivity index (χ0) is 27.8. The van der Waals surface area contributed by atoms with Gasteiger partial charge in [0.2, 0.25) is 0 Å². The van der Waals surface area contributed by atoms with Crippen LogP contribution in [0.15, 0.2) is 40.2 Å². The zero-order valence-electron chi connectivity index (χ0n) is 20.4. The molecule has 1 saturated heterocycles. The number of hydrogen-bond acceptors (Lipinski definition) is 7. The molecule has 2 aromatic heterocycles. The van der Waals surface area contributed by atoms with Gasteiger partial charge in [-0.15, -0.1) is 11.8 Å². The van der Waals surface area contributed by atoms with Gasteiger partial charge >= 0.3 is 18.0 Å². The lowest BCUT2D eigenvalue weighted by molar-refractivity contribution is -0.137. The van der Waals surface area contributed by atoms with E-state index in [0.29, 0.717) is 5.69 Å². The fourth-order valence-electron chi connectivity index (χ4n) is 4.71. The number of nitrogens with zero attached hydrogens (tertiary/aromatic N) is 4. The third-order valence-electron chi connectivity index (χ3n) is 6.40. The number of H-pyrrole nitrogens is 1. The first-order chi connectivity index (χ1) is 17.9. The number of halogens is 4. The summed E-state index contributed by atoms with van der Waals surface area (Å²) in [7, 11) is 0. The highest BCUT2D eigenvalue weighted by Gasteiger charge is 2.38. The number of carboxylic acid groups (broad SMARTS) is 1. The minimum atomic E-state index is -4.80. The number of nitrogens with one attached hydrogen (secondary N) is 1. The van der Waals surface area contributed by atoms with Crippen LogP contribution in [0.2, 0.25) is 5.02 Å². The van der Waals surface area contributed by atoms with Crippen molar-refractivity contribution in [1.29, 1.82) is 0 Å². The molecule has 0 bridgehead atoms. The summed E-state index contributed by atoms with van der Waals surface area (Å²) in [6.45, 7) is 3.31. The number of aromatic nitrogens is 3. The van der Waals surface area contributed by atoms with E-state index in [1.165, 1.54) is 4.90 Å². The number of alkyl halides is 3. The van der Waals surface area contributed by atoms with Gasteiger partial charge in [-0.1, -0.05) is 17.7 Å². The molecule has 1 fully saturated rings. The van der Waals surface area contributed by atoms with Crippen LogP contribution in [0.4, 0.5) is 23.8 Å². The molecule has 3 atom stereocenters. The summed E-state index contributed by atoms with van der Waals surface area (Å²) in [5.41, 5.74) is -1.23. The van der Waals surface area contributed by atoms with E-state index in [-0.39, 0.29) is 47.1 Å². The van der Waals surface area contributed by atoms with Gasteiger partial charge in [0.25, 0.3) is 0 Å². The molecule has 3 heterocycles. The van der Waals surface area contributed by atoms with Gasteiger partial charge in [0.15, 0.2) is 0 Å². The number of benzene rings is 1. The number of carbonyl (C=O) groups is 1. The number of thioether (sulfide) groups is 1. The SMILES string of the molecule is C[C@@H]1CN(c2nc(=O)[nH]c3c(SCC(CO)c4ccccn4)c(Cl)c(C(F)(F)F)cc23)C[C@H](C)N1C(=O)O. The molecule has 1 aromatic carbocycles. The van der Waals surface area contributed by atoms with Crippen LogP contribution in [0.25, 0.3) is 10.9 Å². The Morgan fingerprint density at radius 1 is 1.29 bits per heavy atom. The summed E-state index contributed by atoms with van der Waals surface area (Å²) in [6.07, 6.45) is -4.35. The highest BCUT2D eigenvalue weighted by molar-refractivity contribution is 7.99. The smallest absolute Gasteiger partial charge is 0.417 e. The second-order valence-electron chi connectivity index (χ2n) is 9.09. The van der Waals surface area contributed by atoms with Crippen molar-refractivity contribution in [2.45, 2.75) is 42.9 Å². The summed E-state index contributed by atoms with van der Waals surface area (Å²) in [6, 6.07) is 5.01. The lowest BCUT2D eigenvalue weighted by atomic mass is 10.1. The van der Waals surface area contributed by atoms with Crippen molar-refractivity contribution in [2.75, 3.05) is 30.3 Å². The van der Waals surface area contributed by atoms with Gasteiger partial charge in [-0.25, -0.2) is 9.59 Å². The molecule has 0 radical (unpaired) electrons. The summed E-state index contributed by atoms with van der Waals surface area (Å²) in [4.78, 5) is 37.9. The van der Waals surface area contributed by atoms with Crippen molar-refractivity contribution in [3.8, 4) is 0 Å². The summed E-state index contributed by atoms with van der Waals surface area (Å²) in [5.74, 6) is -0.352. The van der Waals surface area contributed by atoms with Gasteiger partial charge in [-0.3, -0.25) is 9.88 Å². The lowest BCUT2D eigenvalue weighted by Crippen LogP contribution is -2.58. The van der Waals surface area contributed by atoms with Crippen molar-refractivity contribution in [1.82, 2.24) is 19.9 Å². The van der Waals surface area contributed by atoms with E-state index in [9.17, 15) is 33.0 Å². The number of piperazine rings is 1. The van der Waals surface area contributed by atoms with E-state index in [1.54, 1.807) is 43.1 Å². The van der Waals surface area contributed by atoms with Gasteiger partial charge in [-0.05, 0) is 32.0 Å². The largest absolute Gasteiger partial charge is 0.465 e. The number of amides is 1. The molecule has 204 valence electrons. The van der Waals surface area contributed by atoms with Crippen LogP contribution in [0.5, 0.6) is 0 Å². The minimum Gasteiger partial charge on any atom is -0.465 e. The fourth-order valence-corrected chi connectivity index (χ4v) is 6.32. The predicted octanol–water partition coefficient (Wildman–Crippen LogP) is 4.44. The highest BCUT2D eigenvalue weighted by atomic mass is 35.5. The van der Waals surface area contributed by atoms with Crippen LogP contribution < -0.4 is 10.6 Å². The Labute approximate surface area is 224 Å². The van der Waals surface area contributed by atoms with Gasteiger partial charge in [0.1, 0.15) is 5.82 Å². The van der Waals surface area contributed by atoms with E-state index >= 15 is 0 Å². The Morgan fingerprint density at radius 3 is 2.53 bits per heavy atom. The number of hydrogen-bond donors (Lipinski definition) is 3. The second kappa shape index (κ2) is 11.0. The Morgan fingerprint density at radius 2 is 1.97 bits per heavy atom. The van der Waals surface area contributed by atoms with Gasteiger partial charge in [0, 0.05) is 42.0 Å². The number of rotatable bonds is 6. The summed E-state index contributed by atoms with van der Waals surface area (Å²) < 4.78 is 42.2. The molecular weight excluding hydrogens is 547 g/mol. The molecular formula is C24H25ClF3N5O4S. The van der Waals surface area contributed by atoms with E-state index in [4.69, 9.17) is 11.6 Å². The lowest BCUT2D eigenvalue weighted by Gasteiger charge is -2.43. The number of anilines is 1. The first kappa shape index (κ1) is 28.0. The minimum absolute atomic E-state index is 0.00288. The van der Waals surface area contributed by atoms with Crippen LogP contribution in [-0.2, 0) is 6.18 Å². The van der Waals surface area contributed by atoms with E-state index in [1.807, 2.05) is 0 Å². The molecule has 0 saturated carbocycles. The molecule has 0 spiro atoms. The maximum atomic E-state index is 14.1. The standard InChI is InChI=1S/C24H25ClF3N5O4S/c1-12-8-32(9-13(2)33(12)23(36)37)21-15-7-16(24(26,27)28)18(25)20(19(15)30-22(35)31-21)38-11-14(10-34)17-5-3-4-6-29-17/h3-7,12-14,34H,8-11H2,1-2H3,(H,36,37)(H,30,31,35)/t12-,13+,14?. The van der Waals surface area contributed by atoms with Crippen LogP contribution in [-0.4, -0.2) is 73.7 Å². The molecule has 1 unspecified atom stereocenters. The molecule has 0 aliphatic carbocycles. The van der Waals surface area contributed by atoms with Crippen LogP contribution in [0.3, 0.4) is 0 Å². The molecule has 14 heteroatoms. The van der Waals surface area contributed by atoms with Crippen molar-refractivity contribution < 1.29 is 28.2 Å². The highest BCUT2D eigenvalue weighted by Crippen LogP contribution is 2.45. The van der Waals surface area contributed by atoms with Crippen LogP contribution in [0, 0.1) is 0 Å². The normalized spacial score (nSPS) is 19.1. The molecule has 3 aromatic rings. The first-order valence-electron chi connectivity index (χ1n) is 11.7. The molecule has 4 rings (SSSR count). The molecule has 1 amide bonds. The average Bonchev–Trinajstić information content (AvgIpc) is 2.84. The second-order valence-corrected chi connectivity index (χ2v) is 10.5. The van der Waals surface area contributed by atoms with Crippen molar-refractivity contribution in [3.63, 3.8) is 0 Å². The number of pyridine rings is 1. The topological polar surface area (TPSA) is 123 Å². The van der Waals surface area contributed by atoms with E-state index < -0.39 is 46.5 Å². The Bertz CT molecular complexity index is 1380. The third-order valence-corrected chi connectivity index (χ3v) is 8.17. The van der Waals surface area contributed by atoms with Gasteiger partial charge in [-0.2, -0.15) is 18.2 Å². The monoisotopic (exact) mass is 571 g/mol. The first-order valence-corrected chi connectivity index (χ1v) is 13.0. The maximum Gasteiger partial charge on any atom is 0.417 e. The number of aromatic amines is 1. The van der Waals surface area contributed by atoms with Crippen LogP contribution >= 0.6 is 23.4 Å². The summed E-state index contributed by atoms with van der Waals surface area (Å²) in [5, 5.41) is 18.9. The van der Waals surface area contributed by atoms with E-state index in [0.717, 1.165) is 17.8 Å². The van der Waals surface area contributed by atoms with Crippen molar-refractivity contribution in [3.05, 3.63) is 57.2 Å². The van der Waals surface area contributed by atoms with Crippen molar-refractivity contribution >= 4 is 46.2 Å². The maximum absolute atomic E-state index is 14.1. The van der Waals surface area contributed by atoms with Crippen molar-refractivity contribution in [2.24, 2.45) is 0 Å². The average molecular weight is 572 g/mol. The number of aliphatic hydroxyl groups excluding tert-OH is 1. The quantitative estimate of drug-likeness (QED) is 0.371. The Balaban J connectivity index is 1.83. The Kier molecular flexibility index (Phi) is 8.09. The zero-order valence-corrected chi connectivity index (χ0v) is 21.9. The van der Waals surface area contributed by atoms with Crippen LogP contribution in [0.1, 0.15) is 31.0 Å². The molecule has 38 heavy (non-hydrogen) atoms. The van der Waals surface area contributed by atoms with Gasteiger partial charge in [0.05, 0.1) is 39.7 Å². The number of fused-ring (bicyclic) bond motifs is 1. The number of aliphatic hydroxyl groups is 1. The van der Waals surface area contributed by atoms with E-state index in [2.05, 4.69) is 15.0 Å². The summed E-state index contributed by atoms with van der Waals surface area (Å²) >= 11 is 7.26. The van der Waals surface area contributed by atoms with Gasteiger partial charge < -0.3 is 20.1 Å². The molecule has 1 aliphatic heterocycles. The molecule has 3 N–H and O–H groups in total. The predicted molar refractivity (Wildman–Crippen MR) is 138 cm³/mol.